The maximum Gasteiger partial charge on any atom is 0.232 e. The molecule has 0 fully saturated rings. The molecule has 1 aliphatic rings. The van der Waals surface area contributed by atoms with E-state index in [4.69, 9.17) is 0 Å². The highest BCUT2D eigenvalue weighted by atomic mass is 32.2. The lowest BCUT2D eigenvalue weighted by molar-refractivity contribution is 0.597. The quantitative estimate of drug-likeness (QED) is 0.817. The second-order valence-electron chi connectivity index (χ2n) is 4.03. The van der Waals surface area contributed by atoms with Gasteiger partial charge in [0.15, 0.2) is 0 Å². The Kier molecular flexibility index (Phi) is 3.38. The number of benzene rings is 1. The third-order valence-corrected chi connectivity index (χ3v) is 4.06. The molecular weight excluding hydrogens is 236 g/mol. The van der Waals surface area contributed by atoms with E-state index in [0.29, 0.717) is 12.1 Å². The summed E-state index contributed by atoms with van der Waals surface area (Å²) in [5.74, 6) is 0.162. The van der Waals surface area contributed by atoms with Gasteiger partial charge in [-0.25, -0.2) is 8.42 Å². The van der Waals surface area contributed by atoms with Crippen LogP contribution in [-0.2, 0) is 10.0 Å². The van der Waals surface area contributed by atoms with Crippen LogP contribution in [0.1, 0.15) is 6.42 Å². The highest BCUT2D eigenvalue weighted by molar-refractivity contribution is 7.92. The summed E-state index contributed by atoms with van der Waals surface area (Å²) in [6.07, 6.45) is 2.45. The van der Waals surface area contributed by atoms with Gasteiger partial charge in [0.2, 0.25) is 10.0 Å². The van der Waals surface area contributed by atoms with Crippen LogP contribution < -0.4 is 9.62 Å². The second-order valence-corrected chi connectivity index (χ2v) is 5.87. The van der Waals surface area contributed by atoms with Gasteiger partial charge in [-0.2, -0.15) is 0 Å². The van der Waals surface area contributed by atoms with E-state index in [1.54, 1.807) is 6.07 Å². The second kappa shape index (κ2) is 4.79. The van der Waals surface area contributed by atoms with Crippen molar-refractivity contribution in [1.29, 1.82) is 0 Å². The number of fused-ring (bicyclic) bond motifs is 1. The van der Waals surface area contributed by atoms with Gasteiger partial charge >= 0.3 is 0 Å². The summed E-state index contributed by atoms with van der Waals surface area (Å²) in [6, 6.07) is 7.45. The van der Waals surface area contributed by atoms with Crippen molar-refractivity contribution in [2.75, 3.05) is 28.5 Å². The zero-order chi connectivity index (χ0) is 12.3. The van der Waals surface area contributed by atoms with Crippen LogP contribution in [0.3, 0.4) is 0 Å². The van der Waals surface area contributed by atoms with Gasteiger partial charge in [0.25, 0.3) is 0 Å². The number of nitrogens with one attached hydrogen (secondary N) is 1. The Morgan fingerprint density at radius 1 is 1.41 bits per heavy atom. The van der Waals surface area contributed by atoms with Gasteiger partial charge in [-0.1, -0.05) is 18.2 Å². The van der Waals surface area contributed by atoms with Gasteiger partial charge in [0.1, 0.15) is 0 Å². The highest BCUT2D eigenvalue weighted by Crippen LogP contribution is 2.28. The van der Waals surface area contributed by atoms with Crippen molar-refractivity contribution < 1.29 is 8.42 Å². The fourth-order valence-corrected chi connectivity index (χ4v) is 3.08. The number of para-hydroxylation sites is 2. The van der Waals surface area contributed by atoms with E-state index in [2.05, 4.69) is 16.2 Å². The molecule has 92 valence electrons. The molecule has 0 bridgehead atoms. The molecule has 1 N–H and O–H groups in total. The lowest BCUT2D eigenvalue weighted by Gasteiger charge is -2.28. The molecule has 1 aromatic carbocycles. The summed E-state index contributed by atoms with van der Waals surface area (Å²) in [5, 5.41) is 0. The molecule has 17 heavy (non-hydrogen) atoms. The van der Waals surface area contributed by atoms with E-state index in [0.717, 1.165) is 18.8 Å². The smallest absolute Gasteiger partial charge is 0.232 e. The maximum absolute atomic E-state index is 11.7. The third kappa shape index (κ3) is 2.79. The first-order valence-electron chi connectivity index (χ1n) is 5.58. The van der Waals surface area contributed by atoms with Crippen molar-refractivity contribution >= 4 is 21.4 Å². The van der Waals surface area contributed by atoms with Crippen LogP contribution in [0.5, 0.6) is 0 Å². The van der Waals surface area contributed by atoms with E-state index in [1.807, 2.05) is 24.3 Å². The molecule has 0 aromatic heterocycles. The van der Waals surface area contributed by atoms with Crippen LogP contribution in [0.4, 0.5) is 11.4 Å². The molecule has 4 nitrogen and oxygen atoms in total. The molecule has 2 rings (SSSR count). The fraction of sp³-hybridized carbons (Fsp3) is 0.333. The highest BCUT2D eigenvalue weighted by Gasteiger charge is 2.19. The van der Waals surface area contributed by atoms with Crippen LogP contribution in [0, 0.1) is 0 Å². The van der Waals surface area contributed by atoms with Crippen LogP contribution in [-0.4, -0.2) is 27.3 Å². The first-order valence-corrected chi connectivity index (χ1v) is 7.23. The van der Waals surface area contributed by atoms with Crippen molar-refractivity contribution in [2.24, 2.45) is 0 Å². The molecule has 0 saturated heterocycles. The van der Waals surface area contributed by atoms with E-state index in [9.17, 15) is 8.42 Å². The predicted molar refractivity (Wildman–Crippen MR) is 70.9 cm³/mol. The van der Waals surface area contributed by atoms with E-state index >= 15 is 0 Å². The molecule has 0 spiro atoms. The van der Waals surface area contributed by atoms with Crippen molar-refractivity contribution in [2.45, 2.75) is 6.42 Å². The Hall–Kier alpha value is -1.49. The summed E-state index contributed by atoms with van der Waals surface area (Å²) in [6.45, 7) is 5.18. The lowest BCUT2D eigenvalue weighted by atomic mass is 10.2. The first kappa shape index (κ1) is 12.0. The Balaban J connectivity index is 2.42. The van der Waals surface area contributed by atoms with Crippen LogP contribution in [0.25, 0.3) is 0 Å². The number of anilines is 2. The normalized spacial score (nSPS) is 18.5. The molecule has 1 aromatic rings. The van der Waals surface area contributed by atoms with Gasteiger partial charge in [-0.3, -0.25) is 4.72 Å². The zero-order valence-electron chi connectivity index (χ0n) is 9.59. The third-order valence-electron chi connectivity index (χ3n) is 2.70. The van der Waals surface area contributed by atoms with Crippen molar-refractivity contribution in [3.8, 4) is 0 Å². The lowest BCUT2D eigenvalue weighted by Crippen LogP contribution is -2.31. The largest absolute Gasteiger partial charge is 0.366 e. The molecule has 1 heterocycles. The standard InChI is InChI=1S/C12H16N2O2S/c1-2-8-14-9-5-10-17(15,16)13-11-6-3-4-7-12(11)14/h2-4,6-7,13H,1,5,8-10H2. The van der Waals surface area contributed by atoms with E-state index < -0.39 is 10.0 Å². The van der Waals surface area contributed by atoms with E-state index in [1.165, 1.54) is 0 Å². The minimum atomic E-state index is -3.20. The van der Waals surface area contributed by atoms with E-state index in [-0.39, 0.29) is 5.75 Å². The average Bonchev–Trinajstić information content (AvgIpc) is 2.26. The summed E-state index contributed by atoms with van der Waals surface area (Å²) in [5.41, 5.74) is 1.56. The summed E-state index contributed by atoms with van der Waals surface area (Å²) in [4.78, 5) is 2.13. The predicted octanol–water partition coefficient (Wildman–Crippen LogP) is 1.82. The number of sulfonamides is 1. The fourth-order valence-electron chi connectivity index (χ4n) is 1.97. The Bertz CT molecular complexity index is 511. The van der Waals surface area contributed by atoms with Crippen molar-refractivity contribution in [3.05, 3.63) is 36.9 Å². The van der Waals surface area contributed by atoms with Gasteiger partial charge in [0, 0.05) is 13.1 Å². The number of hydrogen-bond donors (Lipinski definition) is 1. The van der Waals surface area contributed by atoms with Crippen molar-refractivity contribution in [3.63, 3.8) is 0 Å². The minimum Gasteiger partial charge on any atom is -0.366 e. The number of hydrogen-bond acceptors (Lipinski definition) is 3. The minimum absolute atomic E-state index is 0.162. The SMILES string of the molecule is C=CCN1CCCS(=O)(=O)Nc2ccccc21. The molecule has 0 saturated carbocycles. The molecule has 0 atom stereocenters. The monoisotopic (exact) mass is 252 g/mol. The molecule has 0 amide bonds. The van der Waals surface area contributed by atoms with Gasteiger partial charge in [-0.05, 0) is 18.6 Å². The molecule has 0 unspecified atom stereocenters. The summed E-state index contributed by atoms with van der Waals surface area (Å²) < 4.78 is 26.0. The number of nitrogens with zero attached hydrogens (tertiary/aromatic N) is 1. The Labute approximate surface area is 102 Å². The summed E-state index contributed by atoms with van der Waals surface area (Å²) in [7, 11) is -3.20. The van der Waals surface area contributed by atoms with Crippen LogP contribution in [0.15, 0.2) is 36.9 Å². The molecule has 0 aliphatic carbocycles. The molecular formula is C12H16N2O2S. The van der Waals surface area contributed by atoms with Gasteiger partial charge < -0.3 is 4.90 Å². The van der Waals surface area contributed by atoms with Crippen molar-refractivity contribution in [1.82, 2.24) is 0 Å². The van der Waals surface area contributed by atoms with Gasteiger partial charge in [-0.15, -0.1) is 6.58 Å². The van der Waals surface area contributed by atoms with Gasteiger partial charge in [0.05, 0.1) is 17.1 Å². The topological polar surface area (TPSA) is 49.4 Å². The number of rotatable bonds is 2. The first-order chi connectivity index (χ1) is 8.12. The summed E-state index contributed by atoms with van der Waals surface area (Å²) >= 11 is 0. The molecule has 1 aliphatic heterocycles. The van der Waals surface area contributed by atoms with Crippen LogP contribution in [0.2, 0.25) is 0 Å². The zero-order valence-corrected chi connectivity index (χ0v) is 10.4. The average molecular weight is 252 g/mol. The molecule has 5 heteroatoms. The Morgan fingerprint density at radius 2 is 2.18 bits per heavy atom. The molecule has 0 radical (unpaired) electrons. The van der Waals surface area contributed by atoms with Crippen LogP contribution >= 0.6 is 0 Å². The maximum atomic E-state index is 11.7. The Morgan fingerprint density at radius 3 is 2.94 bits per heavy atom.